The lowest BCUT2D eigenvalue weighted by atomic mass is 9.87. The van der Waals surface area contributed by atoms with Crippen molar-refractivity contribution in [1.82, 2.24) is 5.32 Å². The zero-order chi connectivity index (χ0) is 16.9. The van der Waals surface area contributed by atoms with Gasteiger partial charge in [0.1, 0.15) is 0 Å². The lowest BCUT2D eigenvalue weighted by Gasteiger charge is -2.19. The van der Waals surface area contributed by atoms with E-state index in [1.165, 1.54) is 5.56 Å². The molecule has 0 aliphatic carbocycles. The van der Waals surface area contributed by atoms with Gasteiger partial charge in [-0.3, -0.25) is 0 Å². The number of rotatable bonds is 3. The van der Waals surface area contributed by atoms with Gasteiger partial charge in [-0.2, -0.15) is 0 Å². The van der Waals surface area contributed by atoms with E-state index in [1.54, 1.807) is 24.4 Å². The molecule has 4 heteroatoms. The summed E-state index contributed by atoms with van der Waals surface area (Å²) in [5.74, 6) is 0. The Hall–Kier alpha value is -2.26. The number of nitrogens with one attached hydrogen (secondary N) is 2. The lowest BCUT2D eigenvalue weighted by Crippen LogP contribution is -2.23. The summed E-state index contributed by atoms with van der Waals surface area (Å²) in [6.45, 7) is 6.47. The van der Waals surface area contributed by atoms with Gasteiger partial charge >= 0.3 is 6.03 Å². The van der Waals surface area contributed by atoms with Gasteiger partial charge in [0.25, 0.3) is 0 Å². The summed E-state index contributed by atoms with van der Waals surface area (Å²) in [7, 11) is 0. The van der Waals surface area contributed by atoms with Gasteiger partial charge in [0.05, 0.1) is 0 Å². The van der Waals surface area contributed by atoms with Gasteiger partial charge in [-0.05, 0) is 46.9 Å². The third-order valence-electron chi connectivity index (χ3n) is 3.37. The minimum Gasteiger partial charge on any atom is -0.314 e. The van der Waals surface area contributed by atoms with Gasteiger partial charge in [-0.15, -0.1) is 0 Å². The van der Waals surface area contributed by atoms with Crippen molar-refractivity contribution in [3.05, 3.63) is 70.9 Å². The van der Waals surface area contributed by atoms with E-state index in [9.17, 15) is 4.79 Å². The van der Waals surface area contributed by atoms with Gasteiger partial charge in [0.15, 0.2) is 0 Å². The highest BCUT2D eigenvalue weighted by Crippen LogP contribution is 2.23. The molecule has 0 aliphatic heterocycles. The Kier molecular flexibility index (Phi) is 5.45. The largest absolute Gasteiger partial charge is 0.323 e. The van der Waals surface area contributed by atoms with Crippen LogP contribution in [0.15, 0.2) is 54.7 Å². The molecule has 0 atom stereocenters. The van der Waals surface area contributed by atoms with E-state index in [0.717, 1.165) is 11.3 Å². The first kappa shape index (κ1) is 17.1. The van der Waals surface area contributed by atoms with Gasteiger partial charge < -0.3 is 10.6 Å². The molecule has 2 aromatic rings. The predicted molar refractivity (Wildman–Crippen MR) is 97.8 cm³/mol. The van der Waals surface area contributed by atoms with Crippen LogP contribution in [-0.2, 0) is 5.41 Å². The van der Waals surface area contributed by atoms with Crippen LogP contribution >= 0.6 is 11.6 Å². The predicted octanol–water partition coefficient (Wildman–Crippen LogP) is 5.43. The van der Waals surface area contributed by atoms with E-state index in [1.807, 2.05) is 36.4 Å². The summed E-state index contributed by atoms with van der Waals surface area (Å²) < 4.78 is 0. The number of benzene rings is 2. The lowest BCUT2D eigenvalue weighted by molar-refractivity contribution is 0.255. The minimum atomic E-state index is -0.279. The zero-order valence-corrected chi connectivity index (χ0v) is 14.3. The van der Waals surface area contributed by atoms with E-state index < -0.39 is 0 Å². The van der Waals surface area contributed by atoms with Crippen LogP contribution in [0, 0.1) is 0 Å². The van der Waals surface area contributed by atoms with Crippen molar-refractivity contribution >= 4 is 29.4 Å². The Morgan fingerprint density at radius 1 is 1.00 bits per heavy atom. The molecule has 0 bridgehead atoms. The molecule has 0 unspecified atom stereocenters. The minimum absolute atomic E-state index is 0.0993. The molecule has 0 saturated heterocycles. The number of hydrogen-bond acceptors (Lipinski definition) is 1. The van der Waals surface area contributed by atoms with Crippen LogP contribution in [-0.4, -0.2) is 6.03 Å². The van der Waals surface area contributed by atoms with Crippen LogP contribution in [0.25, 0.3) is 6.08 Å². The van der Waals surface area contributed by atoms with E-state index >= 15 is 0 Å². The summed E-state index contributed by atoms with van der Waals surface area (Å²) in [6.07, 6.45) is 3.40. The molecular formula is C19H21ClN2O. The van der Waals surface area contributed by atoms with Gasteiger partial charge in [-0.25, -0.2) is 4.79 Å². The third-order valence-corrected chi connectivity index (χ3v) is 3.62. The smallest absolute Gasteiger partial charge is 0.314 e. The summed E-state index contributed by atoms with van der Waals surface area (Å²) in [5.41, 5.74) is 3.05. The highest BCUT2D eigenvalue weighted by atomic mass is 35.5. The summed E-state index contributed by atoms with van der Waals surface area (Å²) >= 11 is 5.82. The molecule has 0 aromatic heterocycles. The molecule has 23 heavy (non-hydrogen) atoms. The van der Waals surface area contributed by atoms with Gasteiger partial charge in [-0.1, -0.05) is 56.6 Å². The SMILES string of the molecule is CC(C)(C)c1ccc(NC(=O)N/C=C/c2ccc(Cl)cc2)cc1. The monoisotopic (exact) mass is 328 g/mol. The van der Waals surface area contributed by atoms with E-state index in [0.29, 0.717) is 5.02 Å². The molecule has 0 heterocycles. The second-order valence-corrected chi connectivity index (χ2v) is 6.75. The average molecular weight is 329 g/mol. The molecule has 0 radical (unpaired) electrons. The van der Waals surface area contributed by atoms with E-state index in [-0.39, 0.29) is 11.4 Å². The third kappa shape index (κ3) is 5.46. The normalized spacial score (nSPS) is 11.5. The van der Waals surface area contributed by atoms with E-state index in [4.69, 9.17) is 11.6 Å². The molecule has 2 N–H and O–H groups in total. The molecule has 0 saturated carbocycles. The summed E-state index contributed by atoms with van der Waals surface area (Å²) in [5, 5.41) is 6.16. The maximum Gasteiger partial charge on any atom is 0.323 e. The second kappa shape index (κ2) is 7.34. The first-order valence-corrected chi connectivity index (χ1v) is 7.82. The highest BCUT2D eigenvalue weighted by molar-refractivity contribution is 6.30. The maximum absolute atomic E-state index is 11.8. The Balaban J connectivity index is 1.88. The summed E-state index contributed by atoms with van der Waals surface area (Å²) in [4.78, 5) is 11.8. The molecule has 0 fully saturated rings. The van der Waals surface area contributed by atoms with E-state index in [2.05, 4.69) is 31.4 Å². The Morgan fingerprint density at radius 2 is 1.61 bits per heavy atom. The van der Waals surface area contributed by atoms with Crippen molar-refractivity contribution < 1.29 is 4.79 Å². The quantitative estimate of drug-likeness (QED) is 0.775. The van der Waals surface area contributed by atoms with Crippen molar-refractivity contribution in [2.45, 2.75) is 26.2 Å². The standard InChI is InChI=1S/C19H21ClN2O/c1-19(2,3)15-6-10-17(11-7-15)22-18(23)21-13-12-14-4-8-16(20)9-5-14/h4-13H,1-3H3,(H2,21,22,23)/b13-12+. The Labute approximate surface area is 142 Å². The maximum atomic E-state index is 11.8. The number of halogens is 1. The van der Waals surface area contributed by atoms with Crippen LogP contribution in [0.1, 0.15) is 31.9 Å². The number of urea groups is 1. The number of carbonyl (C=O) groups is 1. The van der Waals surface area contributed by atoms with Crippen molar-refractivity contribution in [3.8, 4) is 0 Å². The fourth-order valence-corrected chi connectivity index (χ4v) is 2.13. The zero-order valence-electron chi connectivity index (χ0n) is 13.6. The number of hydrogen-bond donors (Lipinski definition) is 2. The summed E-state index contributed by atoms with van der Waals surface area (Å²) in [6, 6.07) is 15.0. The molecule has 2 rings (SSSR count). The number of carbonyl (C=O) groups excluding carboxylic acids is 1. The van der Waals surface area contributed by atoms with Crippen molar-refractivity contribution in [2.75, 3.05) is 5.32 Å². The molecule has 120 valence electrons. The molecule has 2 amide bonds. The number of amides is 2. The van der Waals surface area contributed by atoms with Crippen LogP contribution in [0.5, 0.6) is 0 Å². The van der Waals surface area contributed by atoms with Gasteiger partial charge in [0, 0.05) is 16.9 Å². The van der Waals surface area contributed by atoms with Crippen LogP contribution in [0.4, 0.5) is 10.5 Å². The average Bonchev–Trinajstić information content (AvgIpc) is 2.49. The fourth-order valence-electron chi connectivity index (χ4n) is 2.01. The Morgan fingerprint density at radius 3 is 2.17 bits per heavy atom. The van der Waals surface area contributed by atoms with Crippen LogP contribution in [0.3, 0.4) is 0 Å². The second-order valence-electron chi connectivity index (χ2n) is 6.31. The van der Waals surface area contributed by atoms with Crippen molar-refractivity contribution in [1.29, 1.82) is 0 Å². The first-order valence-electron chi connectivity index (χ1n) is 7.45. The highest BCUT2D eigenvalue weighted by Gasteiger charge is 2.12. The molecule has 3 nitrogen and oxygen atoms in total. The Bertz CT molecular complexity index is 683. The van der Waals surface area contributed by atoms with Crippen LogP contribution < -0.4 is 10.6 Å². The topological polar surface area (TPSA) is 41.1 Å². The van der Waals surface area contributed by atoms with Crippen molar-refractivity contribution in [2.24, 2.45) is 0 Å². The number of anilines is 1. The molecule has 2 aromatic carbocycles. The molecule has 0 spiro atoms. The van der Waals surface area contributed by atoms with Crippen LogP contribution in [0.2, 0.25) is 5.02 Å². The first-order chi connectivity index (χ1) is 10.8. The van der Waals surface area contributed by atoms with Gasteiger partial charge in [0.2, 0.25) is 0 Å². The molecular weight excluding hydrogens is 308 g/mol. The molecule has 0 aliphatic rings. The van der Waals surface area contributed by atoms with Crippen molar-refractivity contribution in [3.63, 3.8) is 0 Å². The fraction of sp³-hybridized carbons (Fsp3) is 0.211.